The van der Waals surface area contributed by atoms with Crippen LogP contribution in [0.5, 0.6) is 0 Å². The van der Waals surface area contributed by atoms with E-state index in [1.165, 1.54) is 0 Å². The summed E-state index contributed by atoms with van der Waals surface area (Å²) in [5.74, 6) is -0.0683. The first kappa shape index (κ1) is 9.95. The molecule has 2 nitrogen and oxygen atoms in total. The molecule has 0 aromatic carbocycles. The highest BCUT2D eigenvalue weighted by molar-refractivity contribution is 9.09. The van der Waals surface area contributed by atoms with Crippen LogP contribution < -0.4 is 0 Å². The van der Waals surface area contributed by atoms with Crippen molar-refractivity contribution in [3.05, 3.63) is 0 Å². The molecular formula is C7H13BrO2. The molecule has 0 N–H and O–H groups in total. The van der Waals surface area contributed by atoms with Gasteiger partial charge in [0, 0.05) is 5.33 Å². The first-order valence-electron chi connectivity index (χ1n) is 3.45. The molecule has 1 atom stereocenters. The van der Waals surface area contributed by atoms with Crippen LogP contribution in [0.1, 0.15) is 20.3 Å². The Balaban J connectivity index is 3.49. The van der Waals surface area contributed by atoms with Crippen molar-refractivity contribution in [3.8, 4) is 0 Å². The van der Waals surface area contributed by atoms with E-state index >= 15 is 0 Å². The topological polar surface area (TPSA) is 26.3 Å². The van der Waals surface area contributed by atoms with Gasteiger partial charge in [-0.15, -0.1) is 0 Å². The van der Waals surface area contributed by atoms with E-state index in [1.54, 1.807) is 0 Å². The SMILES string of the molecule is CCOC(=O)[C@@H](C)CCBr. The van der Waals surface area contributed by atoms with Crippen LogP contribution in [-0.4, -0.2) is 17.9 Å². The molecule has 60 valence electrons. The van der Waals surface area contributed by atoms with Crippen molar-refractivity contribution in [1.82, 2.24) is 0 Å². The minimum Gasteiger partial charge on any atom is -0.466 e. The molecule has 0 aliphatic carbocycles. The standard InChI is InChI=1S/C7H13BrO2/c1-3-10-7(9)6(2)4-5-8/h6H,3-5H2,1-2H3/t6-/m0/s1. The minimum absolute atomic E-state index is 0.0272. The van der Waals surface area contributed by atoms with Gasteiger partial charge in [-0.2, -0.15) is 0 Å². The molecule has 0 fully saturated rings. The third-order valence-electron chi connectivity index (χ3n) is 1.23. The van der Waals surface area contributed by atoms with Gasteiger partial charge in [0.1, 0.15) is 0 Å². The van der Waals surface area contributed by atoms with E-state index in [-0.39, 0.29) is 11.9 Å². The monoisotopic (exact) mass is 208 g/mol. The van der Waals surface area contributed by atoms with E-state index in [4.69, 9.17) is 4.74 Å². The number of hydrogen-bond donors (Lipinski definition) is 0. The Morgan fingerprint density at radius 1 is 1.70 bits per heavy atom. The van der Waals surface area contributed by atoms with Crippen molar-refractivity contribution in [2.24, 2.45) is 5.92 Å². The summed E-state index contributed by atoms with van der Waals surface area (Å²) in [6.45, 7) is 4.17. The maximum Gasteiger partial charge on any atom is 0.308 e. The normalized spacial score (nSPS) is 12.7. The molecule has 0 rings (SSSR count). The summed E-state index contributed by atoms with van der Waals surface area (Å²) in [4.78, 5) is 10.9. The van der Waals surface area contributed by atoms with E-state index in [0.29, 0.717) is 6.61 Å². The van der Waals surface area contributed by atoms with Gasteiger partial charge >= 0.3 is 5.97 Å². The summed E-state index contributed by atoms with van der Waals surface area (Å²) in [7, 11) is 0. The fourth-order valence-electron chi connectivity index (χ4n) is 0.566. The van der Waals surface area contributed by atoms with Crippen molar-refractivity contribution < 1.29 is 9.53 Å². The molecular weight excluding hydrogens is 196 g/mol. The Labute approximate surface area is 70.1 Å². The number of rotatable bonds is 4. The van der Waals surface area contributed by atoms with E-state index in [0.717, 1.165) is 11.8 Å². The molecule has 0 aliphatic heterocycles. The van der Waals surface area contributed by atoms with Gasteiger partial charge in [-0.3, -0.25) is 4.79 Å². The molecule has 0 radical (unpaired) electrons. The van der Waals surface area contributed by atoms with Crippen molar-refractivity contribution in [3.63, 3.8) is 0 Å². The van der Waals surface area contributed by atoms with E-state index in [1.807, 2.05) is 13.8 Å². The van der Waals surface area contributed by atoms with Crippen molar-refractivity contribution >= 4 is 21.9 Å². The average Bonchev–Trinajstić information content (AvgIpc) is 1.89. The van der Waals surface area contributed by atoms with Gasteiger partial charge in [0.15, 0.2) is 0 Å². The predicted molar refractivity (Wildman–Crippen MR) is 44.2 cm³/mol. The quantitative estimate of drug-likeness (QED) is 0.522. The maximum absolute atomic E-state index is 10.9. The number of alkyl halides is 1. The van der Waals surface area contributed by atoms with Gasteiger partial charge in [-0.25, -0.2) is 0 Å². The molecule has 0 aromatic rings. The number of carbonyl (C=O) groups excluding carboxylic acids is 1. The van der Waals surface area contributed by atoms with Crippen molar-refractivity contribution in [2.75, 3.05) is 11.9 Å². The van der Waals surface area contributed by atoms with Gasteiger partial charge in [-0.05, 0) is 13.3 Å². The second-order valence-corrected chi connectivity index (χ2v) is 2.92. The molecule has 0 unspecified atom stereocenters. The van der Waals surface area contributed by atoms with Crippen LogP contribution in [-0.2, 0) is 9.53 Å². The first-order chi connectivity index (χ1) is 4.72. The van der Waals surface area contributed by atoms with Crippen LogP contribution in [0.25, 0.3) is 0 Å². The average molecular weight is 209 g/mol. The lowest BCUT2D eigenvalue weighted by Gasteiger charge is -2.07. The Morgan fingerprint density at radius 2 is 2.30 bits per heavy atom. The second kappa shape index (κ2) is 5.71. The largest absolute Gasteiger partial charge is 0.466 e. The smallest absolute Gasteiger partial charge is 0.308 e. The fourth-order valence-corrected chi connectivity index (χ4v) is 1.25. The Hall–Kier alpha value is -0.0500. The number of ether oxygens (including phenoxy) is 1. The number of esters is 1. The lowest BCUT2D eigenvalue weighted by Crippen LogP contribution is -2.14. The summed E-state index contributed by atoms with van der Waals surface area (Å²) in [6.07, 6.45) is 0.846. The molecule has 0 saturated heterocycles. The fraction of sp³-hybridized carbons (Fsp3) is 0.857. The van der Waals surface area contributed by atoms with Crippen LogP contribution in [0, 0.1) is 5.92 Å². The van der Waals surface area contributed by atoms with Gasteiger partial charge in [-0.1, -0.05) is 22.9 Å². The summed E-state index contributed by atoms with van der Waals surface area (Å²) >= 11 is 3.26. The van der Waals surface area contributed by atoms with Gasteiger partial charge < -0.3 is 4.74 Å². The Bertz CT molecular complexity index is 104. The van der Waals surface area contributed by atoms with Crippen molar-refractivity contribution in [2.45, 2.75) is 20.3 Å². The number of carbonyl (C=O) groups is 1. The van der Waals surface area contributed by atoms with Crippen LogP contribution in [0.15, 0.2) is 0 Å². The van der Waals surface area contributed by atoms with E-state index in [9.17, 15) is 4.79 Å². The lowest BCUT2D eigenvalue weighted by atomic mass is 10.1. The van der Waals surface area contributed by atoms with Crippen LogP contribution in [0.2, 0.25) is 0 Å². The Kier molecular flexibility index (Phi) is 5.69. The molecule has 10 heavy (non-hydrogen) atoms. The Morgan fingerprint density at radius 3 is 2.70 bits per heavy atom. The molecule has 0 spiro atoms. The summed E-state index contributed by atoms with van der Waals surface area (Å²) in [6, 6.07) is 0. The highest BCUT2D eigenvalue weighted by Gasteiger charge is 2.11. The predicted octanol–water partition coefficient (Wildman–Crippen LogP) is 1.97. The summed E-state index contributed by atoms with van der Waals surface area (Å²) in [5, 5.41) is 0.854. The summed E-state index contributed by atoms with van der Waals surface area (Å²) < 4.78 is 4.80. The molecule has 3 heteroatoms. The van der Waals surface area contributed by atoms with Crippen LogP contribution in [0.3, 0.4) is 0 Å². The molecule has 0 heterocycles. The lowest BCUT2D eigenvalue weighted by molar-refractivity contribution is -0.147. The third-order valence-corrected chi connectivity index (χ3v) is 1.69. The zero-order valence-corrected chi connectivity index (χ0v) is 7.98. The first-order valence-corrected chi connectivity index (χ1v) is 4.57. The van der Waals surface area contributed by atoms with Crippen molar-refractivity contribution in [1.29, 1.82) is 0 Å². The third kappa shape index (κ3) is 3.88. The molecule has 0 bridgehead atoms. The van der Waals surface area contributed by atoms with Gasteiger partial charge in [0.2, 0.25) is 0 Å². The molecule has 0 aliphatic rings. The van der Waals surface area contributed by atoms with E-state index in [2.05, 4.69) is 15.9 Å². The zero-order valence-electron chi connectivity index (χ0n) is 6.39. The highest BCUT2D eigenvalue weighted by atomic mass is 79.9. The van der Waals surface area contributed by atoms with E-state index < -0.39 is 0 Å². The number of halogens is 1. The van der Waals surface area contributed by atoms with Crippen LogP contribution in [0.4, 0.5) is 0 Å². The molecule has 0 aromatic heterocycles. The molecule has 0 amide bonds. The minimum atomic E-state index is -0.0954. The second-order valence-electron chi connectivity index (χ2n) is 2.13. The zero-order chi connectivity index (χ0) is 7.98. The van der Waals surface area contributed by atoms with Gasteiger partial charge in [0.25, 0.3) is 0 Å². The van der Waals surface area contributed by atoms with Gasteiger partial charge in [0.05, 0.1) is 12.5 Å². The maximum atomic E-state index is 10.9. The number of hydrogen-bond acceptors (Lipinski definition) is 2. The summed E-state index contributed by atoms with van der Waals surface area (Å²) in [5.41, 5.74) is 0. The van der Waals surface area contributed by atoms with Crippen LogP contribution >= 0.6 is 15.9 Å². The highest BCUT2D eigenvalue weighted by Crippen LogP contribution is 2.05. The molecule has 0 saturated carbocycles.